The van der Waals surface area contributed by atoms with Crippen molar-refractivity contribution < 1.29 is 4.74 Å². The SMILES string of the molecule is COc1cc(C)c(CN(C)C)cc1Cl. The zero-order valence-electron chi connectivity index (χ0n) is 9.10. The van der Waals surface area contributed by atoms with E-state index in [1.165, 1.54) is 11.1 Å². The van der Waals surface area contributed by atoms with E-state index in [9.17, 15) is 0 Å². The molecule has 1 aromatic carbocycles. The minimum Gasteiger partial charge on any atom is -0.495 e. The number of hydrogen-bond acceptors (Lipinski definition) is 2. The second kappa shape index (κ2) is 4.67. The molecule has 0 aliphatic carbocycles. The molecule has 0 bridgehead atoms. The molecule has 1 aromatic rings. The summed E-state index contributed by atoms with van der Waals surface area (Å²) < 4.78 is 5.14. The Bertz CT molecular complexity index is 323. The molecule has 78 valence electrons. The Hall–Kier alpha value is -0.730. The first-order valence-corrected chi connectivity index (χ1v) is 4.90. The summed E-state index contributed by atoms with van der Waals surface area (Å²) in [5, 5.41) is 0.676. The number of nitrogens with zero attached hydrogens (tertiary/aromatic N) is 1. The normalized spacial score (nSPS) is 10.7. The lowest BCUT2D eigenvalue weighted by Crippen LogP contribution is -2.11. The van der Waals surface area contributed by atoms with Crippen molar-refractivity contribution in [3.63, 3.8) is 0 Å². The predicted molar refractivity (Wildman–Crippen MR) is 60.1 cm³/mol. The number of hydrogen-bond donors (Lipinski definition) is 0. The number of methoxy groups -OCH3 is 1. The van der Waals surface area contributed by atoms with Gasteiger partial charge < -0.3 is 9.64 Å². The molecule has 0 radical (unpaired) electrons. The number of aryl methyl sites for hydroxylation is 1. The van der Waals surface area contributed by atoms with Crippen LogP contribution in [0.1, 0.15) is 11.1 Å². The monoisotopic (exact) mass is 213 g/mol. The summed E-state index contributed by atoms with van der Waals surface area (Å²) in [7, 11) is 5.71. The molecule has 0 N–H and O–H groups in total. The van der Waals surface area contributed by atoms with Crippen LogP contribution in [0, 0.1) is 6.92 Å². The molecule has 3 heteroatoms. The van der Waals surface area contributed by atoms with Gasteiger partial charge in [-0.05, 0) is 44.3 Å². The topological polar surface area (TPSA) is 12.5 Å². The number of rotatable bonds is 3. The van der Waals surface area contributed by atoms with Gasteiger partial charge >= 0.3 is 0 Å². The number of halogens is 1. The standard InChI is InChI=1S/C11H16ClNO/c1-8-5-11(14-4)10(12)6-9(8)7-13(2)3/h5-6H,7H2,1-4H3. The first kappa shape index (κ1) is 11.3. The highest BCUT2D eigenvalue weighted by Crippen LogP contribution is 2.28. The maximum Gasteiger partial charge on any atom is 0.137 e. The van der Waals surface area contributed by atoms with Crippen LogP contribution in [-0.2, 0) is 6.54 Å². The van der Waals surface area contributed by atoms with E-state index in [0.29, 0.717) is 5.02 Å². The Kier molecular flexibility index (Phi) is 3.78. The molecule has 0 aliphatic rings. The molecule has 0 saturated heterocycles. The van der Waals surface area contributed by atoms with Crippen LogP contribution in [0.15, 0.2) is 12.1 Å². The second-order valence-electron chi connectivity index (χ2n) is 3.65. The van der Waals surface area contributed by atoms with E-state index in [1.54, 1.807) is 7.11 Å². The fraction of sp³-hybridized carbons (Fsp3) is 0.455. The average Bonchev–Trinajstić information content (AvgIpc) is 2.10. The Labute approximate surface area is 90.4 Å². The minimum absolute atomic E-state index is 0.676. The minimum atomic E-state index is 0.676. The Balaban J connectivity index is 3.02. The van der Waals surface area contributed by atoms with Crippen LogP contribution in [0.25, 0.3) is 0 Å². The summed E-state index contributed by atoms with van der Waals surface area (Å²) in [4.78, 5) is 2.12. The third kappa shape index (κ3) is 2.63. The van der Waals surface area contributed by atoms with Gasteiger partial charge in [0.15, 0.2) is 0 Å². The van der Waals surface area contributed by atoms with Gasteiger partial charge in [0.1, 0.15) is 5.75 Å². The molecule has 0 unspecified atom stereocenters. The Morgan fingerprint density at radius 3 is 2.50 bits per heavy atom. The van der Waals surface area contributed by atoms with Crippen molar-refractivity contribution in [1.82, 2.24) is 4.90 Å². The summed E-state index contributed by atoms with van der Waals surface area (Å²) >= 11 is 6.04. The van der Waals surface area contributed by atoms with Gasteiger partial charge in [-0.15, -0.1) is 0 Å². The van der Waals surface area contributed by atoms with E-state index in [4.69, 9.17) is 16.3 Å². The van der Waals surface area contributed by atoms with E-state index in [2.05, 4.69) is 11.8 Å². The third-order valence-corrected chi connectivity index (χ3v) is 2.39. The molecule has 0 heterocycles. The lowest BCUT2D eigenvalue weighted by molar-refractivity contribution is 0.398. The van der Waals surface area contributed by atoms with Gasteiger partial charge in [-0.3, -0.25) is 0 Å². The first-order chi connectivity index (χ1) is 6.54. The van der Waals surface area contributed by atoms with Crippen LogP contribution in [-0.4, -0.2) is 26.1 Å². The van der Waals surface area contributed by atoms with Crippen LogP contribution < -0.4 is 4.74 Å². The van der Waals surface area contributed by atoms with Crippen molar-refractivity contribution in [2.75, 3.05) is 21.2 Å². The van der Waals surface area contributed by atoms with Crippen LogP contribution in [0.5, 0.6) is 5.75 Å². The zero-order chi connectivity index (χ0) is 10.7. The summed E-state index contributed by atoms with van der Waals surface area (Å²) in [6, 6.07) is 3.94. The molecular formula is C11H16ClNO. The van der Waals surface area contributed by atoms with E-state index in [-0.39, 0.29) is 0 Å². The molecule has 1 rings (SSSR count). The van der Waals surface area contributed by atoms with Gasteiger partial charge in [-0.25, -0.2) is 0 Å². The maximum absolute atomic E-state index is 6.04. The highest BCUT2D eigenvalue weighted by Gasteiger charge is 2.06. The molecule has 0 spiro atoms. The summed E-state index contributed by atoms with van der Waals surface area (Å²) in [5.41, 5.74) is 2.45. The zero-order valence-corrected chi connectivity index (χ0v) is 9.85. The maximum atomic E-state index is 6.04. The highest BCUT2D eigenvalue weighted by molar-refractivity contribution is 6.32. The van der Waals surface area contributed by atoms with E-state index < -0.39 is 0 Å². The predicted octanol–water partition coefficient (Wildman–Crippen LogP) is 2.72. The number of benzene rings is 1. The molecule has 0 amide bonds. The molecule has 2 nitrogen and oxygen atoms in total. The lowest BCUT2D eigenvalue weighted by Gasteiger charge is -2.14. The summed E-state index contributed by atoms with van der Waals surface area (Å²) in [6.45, 7) is 2.97. The molecule has 14 heavy (non-hydrogen) atoms. The Morgan fingerprint density at radius 1 is 1.36 bits per heavy atom. The van der Waals surface area contributed by atoms with E-state index in [0.717, 1.165) is 12.3 Å². The van der Waals surface area contributed by atoms with Gasteiger partial charge in [0.2, 0.25) is 0 Å². The fourth-order valence-electron chi connectivity index (χ4n) is 1.36. The van der Waals surface area contributed by atoms with Crippen LogP contribution in [0.4, 0.5) is 0 Å². The lowest BCUT2D eigenvalue weighted by atomic mass is 10.1. The van der Waals surface area contributed by atoms with Crippen molar-refractivity contribution in [1.29, 1.82) is 0 Å². The van der Waals surface area contributed by atoms with Crippen molar-refractivity contribution in [3.8, 4) is 5.75 Å². The summed E-state index contributed by atoms with van der Waals surface area (Å²) in [5.74, 6) is 0.742. The Morgan fingerprint density at radius 2 is 2.00 bits per heavy atom. The molecule has 0 atom stereocenters. The van der Waals surface area contributed by atoms with Crippen molar-refractivity contribution in [2.45, 2.75) is 13.5 Å². The van der Waals surface area contributed by atoms with Gasteiger partial charge in [0.05, 0.1) is 12.1 Å². The van der Waals surface area contributed by atoms with Gasteiger partial charge in [0.25, 0.3) is 0 Å². The van der Waals surface area contributed by atoms with Gasteiger partial charge in [-0.1, -0.05) is 11.6 Å². The number of ether oxygens (including phenoxy) is 1. The fourth-order valence-corrected chi connectivity index (χ4v) is 1.63. The van der Waals surface area contributed by atoms with E-state index >= 15 is 0 Å². The largest absolute Gasteiger partial charge is 0.495 e. The summed E-state index contributed by atoms with van der Waals surface area (Å²) in [6.07, 6.45) is 0. The second-order valence-corrected chi connectivity index (χ2v) is 4.06. The van der Waals surface area contributed by atoms with Crippen molar-refractivity contribution in [2.24, 2.45) is 0 Å². The quantitative estimate of drug-likeness (QED) is 0.766. The van der Waals surface area contributed by atoms with Gasteiger partial charge in [0, 0.05) is 6.54 Å². The molecule has 0 aromatic heterocycles. The highest BCUT2D eigenvalue weighted by atomic mass is 35.5. The average molecular weight is 214 g/mol. The van der Waals surface area contributed by atoms with Gasteiger partial charge in [-0.2, -0.15) is 0 Å². The molecule has 0 saturated carbocycles. The molecular weight excluding hydrogens is 198 g/mol. The molecule has 0 aliphatic heterocycles. The van der Waals surface area contributed by atoms with Crippen LogP contribution >= 0.6 is 11.6 Å². The van der Waals surface area contributed by atoms with Crippen LogP contribution in [0.2, 0.25) is 5.02 Å². The van der Waals surface area contributed by atoms with Crippen molar-refractivity contribution >= 4 is 11.6 Å². The van der Waals surface area contributed by atoms with E-state index in [1.807, 2.05) is 26.2 Å². The van der Waals surface area contributed by atoms with Crippen LogP contribution in [0.3, 0.4) is 0 Å². The smallest absolute Gasteiger partial charge is 0.137 e. The molecule has 0 fully saturated rings. The van der Waals surface area contributed by atoms with Crippen molar-refractivity contribution in [3.05, 3.63) is 28.3 Å². The third-order valence-electron chi connectivity index (χ3n) is 2.10. The first-order valence-electron chi connectivity index (χ1n) is 4.52.